The molecule has 3 nitrogen and oxygen atoms in total. The Labute approximate surface area is 381 Å². The topological polar surface area (TPSA) is 14.3 Å². The predicted octanol–water partition coefficient (Wildman–Crippen LogP) is 16.7. The summed E-state index contributed by atoms with van der Waals surface area (Å²) in [5.41, 5.74) is 21.3. The highest BCUT2D eigenvalue weighted by Gasteiger charge is 2.36. The molecule has 0 saturated heterocycles. The zero-order valence-corrected chi connectivity index (χ0v) is 36.5. The van der Waals surface area contributed by atoms with Crippen LogP contribution in [0.3, 0.4) is 0 Å². The number of hydrogen-bond donors (Lipinski definition) is 0. The first-order valence-electron chi connectivity index (χ1n) is 23.1. The molecule has 0 amide bonds. The fourth-order valence-corrected chi connectivity index (χ4v) is 12.1. The van der Waals surface area contributed by atoms with Gasteiger partial charge in [0, 0.05) is 59.9 Å². The molecule has 14 aromatic rings. The number of nitrogens with zero attached hydrogens (tertiary/aromatic N) is 3. The van der Waals surface area contributed by atoms with Gasteiger partial charge in [-0.15, -0.1) is 0 Å². The first kappa shape index (κ1) is 36.0. The molecule has 0 N–H and O–H groups in total. The Kier molecular flexibility index (Phi) is 7.02. The van der Waals surface area contributed by atoms with Crippen LogP contribution in [0.15, 0.2) is 212 Å². The van der Waals surface area contributed by atoms with Crippen molar-refractivity contribution in [3.8, 4) is 44.8 Å². The van der Waals surface area contributed by atoms with Crippen LogP contribution in [-0.4, -0.2) is 13.5 Å². The van der Waals surface area contributed by atoms with Gasteiger partial charge in [0.05, 0.1) is 38.6 Å². The van der Waals surface area contributed by atoms with E-state index in [0.29, 0.717) is 0 Å². The molecule has 4 aromatic heterocycles. The van der Waals surface area contributed by atoms with Crippen molar-refractivity contribution < 1.29 is 0 Å². The largest absolute Gasteiger partial charge is 0.309 e. The summed E-state index contributed by atoms with van der Waals surface area (Å²) < 4.78 is 7.33. The Bertz CT molecular complexity index is 4280. The van der Waals surface area contributed by atoms with Gasteiger partial charge in [-0.3, -0.25) is 0 Å². The van der Waals surface area contributed by atoms with Gasteiger partial charge in [-0.2, -0.15) is 0 Å². The van der Waals surface area contributed by atoms with Gasteiger partial charge < -0.3 is 13.5 Å². The maximum absolute atomic E-state index is 2.48. The molecule has 0 saturated carbocycles. The van der Waals surface area contributed by atoms with E-state index in [1.807, 2.05) is 0 Å². The van der Waals surface area contributed by atoms with Crippen molar-refractivity contribution in [2.45, 2.75) is 19.3 Å². The zero-order valence-electron chi connectivity index (χ0n) is 36.5. The van der Waals surface area contributed by atoms with Gasteiger partial charge in [-0.1, -0.05) is 141 Å². The van der Waals surface area contributed by atoms with E-state index in [0.717, 1.165) is 0 Å². The third-order valence-corrected chi connectivity index (χ3v) is 15.1. The molecular formula is C63H41N3. The first-order valence-corrected chi connectivity index (χ1v) is 23.1. The molecule has 0 spiro atoms. The fraction of sp³-hybridized carbons (Fsp3) is 0.0476. The summed E-state index contributed by atoms with van der Waals surface area (Å²) >= 11 is 0. The van der Waals surface area contributed by atoms with Gasteiger partial charge in [-0.25, -0.2) is 0 Å². The zero-order chi connectivity index (χ0) is 43.4. The van der Waals surface area contributed by atoms with Gasteiger partial charge in [0.25, 0.3) is 0 Å². The summed E-state index contributed by atoms with van der Waals surface area (Å²) in [5.74, 6) is 0. The lowest BCUT2D eigenvalue weighted by molar-refractivity contribution is 0.661. The summed E-state index contributed by atoms with van der Waals surface area (Å²) in [6, 6.07) is 79.3. The summed E-state index contributed by atoms with van der Waals surface area (Å²) in [6.45, 7) is 4.80. The van der Waals surface area contributed by atoms with E-state index in [4.69, 9.17) is 0 Å². The van der Waals surface area contributed by atoms with Crippen LogP contribution in [0.2, 0.25) is 0 Å². The standard InChI is InChI=1S/C63H41N3/c1-63(2)54-34-40(38-26-30-60-50(32-38)46-16-6-10-20-56(46)64(60)42-14-4-3-5-15-42)24-28-44(54)45-29-25-41(35-55(45)63)39-27-31-61-51(33-39)47-17-7-11-21-57(47)65(61)43-36-52-48-18-8-12-22-58(48)66-59-23-13-9-19-49(59)53(37-43)62(52)66/h3-37H,1-2H3. The fourth-order valence-electron chi connectivity index (χ4n) is 12.1. The molecule has 15 rings (SSSR count). The Hall–Kier alpha value is -8.40. The summed E-state index contributed by atoms with van der Waals surface area (Å²) in [6.07, 6.45) is 0. The molecule has 0 atom stereocenters. The molecule has 10 aromatic carbocycles. The molecule has 0 aliphatic heterocycles. The molecule has 1 aliphatic rings. The predicted molar refractivity (Wildman–Crippen MR) is 278 cm³/mol. The highest BCUT2D eigenvalue weighted by Crippen LogP contribution is 2.51. The quantitative estimate of drug-likeness (QED) is 0.168. The van der Waals surface area contributed by atoms with Crippen molar-refractivity contribution in [3.63, 3.8) is 0 Å². The Morgan fingerprint density at radius 3 is 1.17 bits per heavy atom. The molecule has 308 valence electrons. The van der Waals surface area contributed by atoms with E-state index in [2.05, 4.69) is 240 Å². The van der Waals surface area contributed by atoms with E-state index >= 15 is 0 Å². The SMILES string of the molecule is CC1(C)c2cc(-c3ccc4c(c3)c3ccccc3n4-c3ccccc3)ccc2-c2ccc(-c3ccc4c(c3)c3ccccc3n4-c3cc4c5ccccc5n5c6ccccc6c(c3)c45)cc21. The summed E-state index contributed by atoms with van der Waals surface area (Å²) in [4.78, 5) is 0. The van der Waals surface area contributed by atoms with Gasteiger partial charge in [-0.05, 0) is 129 Å². The van der Waals surface area contributed by atoms with Crippen LogP contribution in [-0.2, 0) is 5.41 Å². The van der Waals surface area contributed by atoms with Crippen LogP contribution < -0.4 is 0 Å². The maximum Gasteiger partial charge on any atom is 0.0622 e. The maximum atomic E-state index is 2.48. The van der Waals surface area contributed by atoms with E-state index in [9.17, 15) is 0 Å². The minimum absolute atomic E-state index is 0.175. The van der Waals surface area contributed by atoms with Gasteiger partial charge in [0.1, 0.15) is 0 Å². The van der Waals surface area contributed by atoms with Crippen LogP contribution in [0.4, 0.5) is 0 Å². The number of benzene rings is 10. The second-order valence-corrected chi connectivity index (χ2v) is 18.9. The lowest BCUT2D eigenvalue weighted by Crippen LogP contribution is -2.15. The lowest BCUT2D eigenvalue weighted by Gasteiger charge is -2.22. The molecule has 1 aliphatic carbocycles. The van der Waals surface area contributed by atoms with Crippen LogP contribution >= 0.6 is 0 Å². The number of aromatic nitrogens is 3. The number of rotatable bonds is 4. The molecule has 4 heterocycles. The van der Waals surface area contributed by atoms with Crippen LogP contribution in [0.5, 0.6) is 0 Å². The average Bonchev–Trinajstić information content (AvgIpc) is 4.14. The third-order valence-electron chi connectivity index (χ3n) is 15.1. The Morgan fingerprint density at radius 2 is 0.667 bits per heavy atom. The highest BCUT2D eigenvalue weighted by atomic mass is 15.0. The van der Waals surface area contributed by atoms with E-state index < -0.39 is 0 Å². The summed E-state index contributed by atoms with van der Waals surface area (Å²) in [5, 5.41) is 10.2. The second kappa shape index (κ2) is 12.9. The number of hydrogen-bond acceptors (Lipinski definition) is 0. The Morgan fingerprint density at radius 1 is 0.288 bits per heavy atom. The normalized spacial score (nSPS) is 13.4. The molecule has 3 heteroatoms. The summed E-state index contributed by atoms with van der Waals surface area (Å²) in [7, 11) is 0. The van der Waals surface area contributed by atoms with E-state index in [-0.39, 0.29) is 5.41 Å². The lowest BCUT2D eigenvalue weighted by atomic mass is 9.80. The second-order valence-electron chi connectivity index (χ2n) is 18.9. The first-order chi connectivity index (χ1) is 32.5. The molecular weight excluding hydrogens is 799 g/mol. The van der Waals surface area contributed by atoms with Gasteiger partial charge in [0.2, 0.25) is 0 Å². The minimum atomic E-state index is -0.175. The van der Waals surface area contributed by atoms with Gasteiger partial charge in [0.15, 0.2) is 0 Å². The van der Waals surface area contributed by atoms with E-state index in [1.54, 1.807) is 0 Å². The van der Waals surface area contributed by atoms with Crippen LogP contribution in [0.1, 0.15) is 25.0 Å². The van der Waals surface area contributed by atoms with Crippen LogP contribution in [0.25, 0.3) is 126 Å². The van der Waals surface area contributed by atoms with Crippen molar-refractivity contribution in [2.24, 2.45) is 0 Å². The monoisotopic (exact) mass is 839 g/mol. The minimum Gasteiger partial charge on any atom is -0.309 e. The average molecular weight is 840 g/mol. The van der Waals surface area contributed by atoms with Crippen molar-refractivity contribution in [1.82, 2.24) is 13.5 Å². The van der Waals surface area contributed by atoms with Crippen molar-refractivity contribution >= 4 is 81.7 Å². The molecule has 0 bridgehead atoms. The highest BCUT2D eigenvalue weighted by molar-refractivity contribution is 6.24. The Balaban J connectivity index is 0.835. The van der Waals surface area contributed by atoms with Crippen molar-refractivity contribution in [2.75, 3.05) is 0 Å². The van der Waals surface area contributed by atoms with Crippen LogP contribution in [0, 0.1) is 0 Å². The van der Waals surface area contributed by atoms with Gasteiger partial charge >= 0.3 is 0 Å². The smallest absolute Gasteiger partial charge is 0.0622 e. The molecule has 0 unspecified atom stereocenters. The molecule has 66 heavy (non-hydrogen) atoms. The third kappa shape index (κ3) is 4.71. The van der Waals surface area contributed by atoms with E-state index in [1.165, 1.54) is 138 Å². The molecule has 0 fully saturated rings. The number of fused-ring (bicyclic) bond motifs is 15. The number of para-hydroxylation sites is 5. The van der Waals surface area contributed by atoms with Crippen molar-refractivity contribution in [1.29, 1.82) is 0 Å². The van der Waals surface area contributed by atoms with Crippen molar-refractivity contribution in [3.05, 3.63) is 223 Å². The molecule has 0 radical (unpaired) electrons.